The van der Waals surface area contributed by atoms with E-state index < -0.39 is 12.2 Å². The van der Waals surface area contributed by atoms with Gasteiger partial charge < -0.3 is 24.8 Å². The molecule has 0 unspecified atom stereocenters. The molecule has 0 spiro atoms. The highest BCUT2D eigenvalue weighted by Gasteiger charge is 2.31. The largest absolute Gasteiger partial charge is 0.390 e. The smallest absolute Gasteiger partial charge is 0.251 e. The number of amides is 1. The van der Waals surface area contributed by atoms with E-state index in [4.69, 9.17) is 4.74 Å². The second-order valence-corrected chi connectivity index (χ2v) is 6.75. The molecule has 1 aliphatic rings. The van der Waals surface area contributed by atoms with Crippen LogP contribution in [0.3, 0.4) is 0 Å². The predicted molar refractivity (Wildman–Crippen MR) is 95.7 cm³/mol. The lowest BCUT2D eigenvalue weighted by atomic mass is 9.96. The molecule has 6 heteroatoms. The molecule has 0 radical (unpaired) electrons. The number of aliphatic hydroxyl groups excluding tert-OH is 2. The van der Waals surface area contributed by atoms with Gasteiger partial charge in [-0.3, -0.25) is 4.79 Å². The fourth-order valence-electron chi connectivity index (χ4n) is 3.56. The summed E-state index contributed by atoms with van der Waals surface area (Å²) in [7, 11) is 0. The van der Waals surface area contributed by atoms with Crippen molar-refractivity contribution in [3.05, 3.63) is 35.0 Å². The number of aromatic nitrogens is 1. The first kappa shape index (κ1) is 17.9. The van der Waals surface area contributed by atoms with E-state index in [0.29, 0.717) is 12.2 Å². The van der Waals surface area contributed by atoms with Crippen LogP contribution in [-0.2, 0) is 11.3 Å². The van der Waals surface area contributed by atoms with E-state index in [1.807, 2.05) is 18.2 Å². The highest BCUT2D eigenvalue weighted by molar-refractivity contribution is 5.99. The van der Waals surface area contributed by atoms with Crippen molar-refractivity contribution in [2.24, 2.45) is 5.92 Å². The summed E-state index contributed by atoms with van der Waals surface area (Å²) in [5.74, 6) is -0.489. The number of benzene rings is 1. The molecule has 1 aromatic heterocycles. The molecule has 1 amide bonds. The number of fused-ring (bicyclic) bond motifs is 1. The van der Waals surface area contributed by atoms with Crippen LogP contribution in [0.1, 0.15) is 28.5 Å². The van der Waals surface area contributed by atoms with Crippen molar-refractivity contribution >= 4 is 16.8 Å². The molecular weight excluding hydrogens is 320 g/mol. The molecule has 0 aliphatic carbocycles. The lowest BCUT2D eigenvalue weighted by Crippen LogP contribution is -2.48. The van der Waals surface area contributed by atoms with Crippen LogP contribution in [0.5, 0.6) is 0 Å². The van der Waals surface area contributed by atoms with Crippen molar-refractivity contribution in [1.82, 2.24) is 9.88 Å². The molecule has 0 bridgehead atoms. The average molecular weight is 346 g/mol. The topological polar surface area (TPSA) is 83.7 Å². The summed E-state index contributed by atoms with van der Waals surface area (Å²) in [5, 5.41) is 23.5. The molecule has 6 nitrogen and oxygen atoms in total. The third-order valence-electron chi connectivity index (χ3n) is 5.24. The van der Waals surface area contributed by atoms with E-state index in [9.17, 15) is 15.0 Å². The van der Waals surface area contributed by atoms with Gasteiger partial charge in [-0.05, 0) is 44.5 Å². The Labute approximate surface area is 147 Å². The van der Waals surface area contributed by atoms with Gasteiger partial charge in [0.2, 0.25) is 0 Å². The Morgan fingerprint density at radius 1 is 1.32 bits per heavy atom. The lowest BCUT2D eigenvalue weighted by Gasteiger charge is -2.31. The highest BCUT2D eigenvalue weighted by Crippen LogP contribution is 2.26. The van der Waals surface area contributed by atoms with E-state index in [1.54, 1.807) is 0 Å². The van der Waals surface area contributed by atoms with Crippen molar-refractivity contribution in [1.29, 1.82) is 0 Å². The highest BCUT2D eigenvalue weighted by atomic mass is 16.5. The molecule has 1 aliphatic heterocycles. The van der Waals surface area contributed by atoms with Gasteiger partial charge >= 0.3 is 0 Å². The van der Waals surface area contributed by atoms with Crippen LogP contribution < -0.4 is 5.32 Å². The fraction of sp³-hybridized carbons (Fsp3) is 0.526. The van der Waals surface area contributed by atoms with Crippen LogP contribution in [0.25, 0.3) is 10.9 Å². The number of hydrogen-bond acceptors (Lipinski definition) is 4. The van der Waals surface area contributed by atoms with Crippen molar-refractivity contribution in [2.75, 3.05) is 19.8 Å². The Hall–Kier alpha value is -1.89. The summed E-state index contributed by atoms with van der Waals surface area (Å²) in [6.45, 7) is 7.90. The maximum Gasteiger partial charge on any atom is 0.251 e. The zero-order valence-electron chi connectivity index (χ0n) is 15.0. The van der Waals surface area contributed by atoms with Gasteiger partial charge in [-0.25, -0.2) is 0 Å². The minimum Gasteiger partial charge on any atom is -0.390 e. The number of aryl methyl sites for hydroxylation is 2. The molecular formula is C19H26N2O4. The van der Waals surface area contributed by atoms with E-state index in [0.717, 1.165) is 17.4 Å². The quantitative estimate of drug-likeness (QED) is 0.781. The number of aliphatic hydroxyl groups is 2. The van der Waals surface area contributed by atoms with Gasteiger partial charge in [-0.1, -0.05) is 0 Å². The Morgan fingerprint density at radius 2 is 2.08 bits per heavy atom. The molecule has 1 saturated heterocycles. The molecule has 1 fully saturated rings. The number of ether oxygens (including phenoxy) is 1. The van der Waals surface area contributed by atoms with Gasteiger partial charge in [0.1, 0.15) is 6.10 Å². The number of carbonyl (C=O) groups is 1. The predicted octanol–water partition coefficient (Wildman–Crippen LogP) is 1.38. The van der Waals surface area contributed by atoms with Crippen LogP contribution in [0.2, 0.25) is 0 Å². The van der Waals surface area contributed by atoms with Gasteiger partial charge in [0.25, 0.3) is 5.91 Å². The lowest BCUT2D eigenvalue weighted by molar-refractivity contribution is -0.118. The third-order valence-corrected chi connectivity index (χ3v) is 5.24. The summed E-state index contributed by atoms with van der Waals surface area (Å²) in [6, 6.07) is 5.73. The maximum absolute atomic E-state index is 12.5. The zero-order valence-corrected chi connectivity index (χ0v) is 15.0. The molecule has 1 aromatic carbocycles. The van der Waals surface area contributed by atoms with Gasteiger partial charge in [0.15, 0.2) is 0 Å². The fourth-order valence-corrected chi connectivity index (χ4v) is 3.56. The zero-order chi connectivity index (χ0) is 18.1. The van der Waals surface area contributed by atoms with Gasteiger partial charge in [-0.15, -0.1) is 0 Å². The number of rotatable bonds is 4. The van der Waals surface area contributed by atoms with Crippen LogP contribution in [-0.4, -0.2) is 52.7 Å². The van der Waals surface area contributed by atoms with E-state index in [2.05, 4.69) is 30.7 Å². The molecule has 2 heterocycles. The number of nitrogens with zero attached hydrogens (tertiary/aromatic N) is 1. The van der Waals surface area contributed by atoms with Crippen molar-refractivity contribution < 1.29 is 19.7 Å². The monoisotopic (exact) mass is 346 g/mol. The normalized spacial score (nSPS) is 23.8. The number of nitrogens with one attached hydrogen (secondary N) is 1. The average Bonchev–Trinajstić information content (AvgIpc) is 2.86. The van der Waals surface area contributed by atoms with Gasteiger partial charge in [-0.2, -0.15) is 0 Å². The van der Waals surface area contributed by atoms with E-state index >= 15 is 0 Å². The van der Waals surface area contributed by atoms with Crippen LogP contribution in [0.4, 0.5) is 0 Å². The Morgan fingerprint density at radius 3 is 2.80 bits per heavy atom. The molecule has 3 rings (SSSR count). The molecule has 0 saturated carbocycles. The summed E-state index contributed by atoms with van der Waals surface area (Å²) in [4.78, 5) is 12.5. The summed E-state index contributed by atoms with van der Waals surface area (Å²) in [6.07, 6.45) is -1.77. The standard InChI is InChI=1S/C19H26N2O4/c1-4-21-12(3)11(2)15-7-13(5-6-16(15)21)19(24)20-8-14-9-25-10-17(22)18(14)23/h5-7,14,17-18,22-23H,4,8-10H2,1-3H3,(H,20,24)/t14-,17-,18+/m1/s1. The van der Waals surface area contributed by atoms with E-state index in [-0.39, 0.29) is 25.0 Å². The first-order valence-electron chi connectivity index (χ1n) is 8.75. The van der Waals surface area contributed by atoms with Gasteiger partial charge in [0, 0.05) is 41.2 Å². The molecule has 25 heavy (non-hydrogen) atoms. The number of carbonyl (C=O) groups excluding carboxylic acids is 1. The molecule has 3 N–H and O–H groups in total. The SMILES string of the molecule is CCn1c(C)c(C)c2cc(C(=O)NC[C@@H]3COC[C@@H](O)[C@H]3O)ccc21. The van der Waals surface area contributed by atoms with Gasteiger partial charge in [0.05, 0.1) is 19.3 Å². The Kier molecular flexibility index (Phi) is 5.13. The Bertz CT molecular complexity index is 783. The summed E-state index contributed by atoms with van der Waals surface area (Å²) < 4.78 is 7.48. The van der Waals surface area contributed by atoms with Crippen molar-refractivity contribution in [3.8, 4) is 0 Å². The van der Waals surface area contributed by atoms with Crippen molar-refractivity contribution in [2.45, 2.75) is 39.5 Å². The van der Waals surface area contributed by atoms with Crippen LogP contribution in [0, 0.1) is 19.8 Å². The second kappa shape index (κ2) is 7.15. The first-order chi connectivity index (χ1) is 11.9. The summed E-state index contributed by atoms with van der Waals surface area (Å²) >= 11 is 0. The first-order valence-corrected chi connectivity index (χ1v) is 8.75. The maximum atomic E-state index is 12.5. The second-order valence-electron chi connectivity index (χ2n) is 6.75. The third kappa shape index (κ3) is 3.29. The van der Waals surface area contributed by atoms with Crippen molar-refractivity contribution in [3.63, 3.8) is 0 Å². The number of hydrogen-bond donors (Lipinski definition) is 3. The minimum absolute atomic E-state index is 0.134. The van der Waals surface area contributed by atoms with E-state index in [1.165, 1.54) is 11.3 Å². The minimum atomic E-state index is -0.897. The summed E-state index contributed by atoms with van der Waals surface area (Å²) in [5.41, 5.74) is 4.13. The van der Waals surface area contributed by atoms with Crippen LogP contribution in [0.15, 0.2) is 18.2 Å². The molecule has 3 atom stereocenters. The van der Waals surface area contributed by atoms with Crippen LogP contribution >= 0.6 is 0 Å². The molecule has 136 valence electrons. The molecule has 2 aromatic rings. The Balaban J connectivity index is 1.75.